The van der Waals surface area contributed by atoms with Gasteiger partial charge in [-0.2, -0.15) is 0 Å². The van der Waals surface area contributed by atoms with E-state index >= 15 is 0 Å². The van der Waals surface area contributed by atoms with Crippen LogP contribution in [0.1, 0.15) is 12.0 Å². The molecule has 1 heterocycles. The van der Waals surface area contributed by atoms with Crippen LogP contribution in [-0.4, -0.2) is 26.6 Å². The third kappa shape index (κ3) is 2.48. The van der Waals surface area contributed by atoms with E-state index in [0.717, 1.165) is 5.56 Å². The highest BCUT2D eigenvalue weighted by atomic mass is 32.2. The molecule has 1 aliphatic rings. The van der Waals surface area contributed by atoms with Gasteiger partial charge in [-0.25, -0.2) is 8.42 Å². The standard InChI is InChI=1S/C11H14N2O3S/c12-4-1-5-17(15,16)9-2-3-10-8(6-9)7-11(14)13-10/h2-3,6H,1,4-5,7,12H2,(H,13,14). The predicted octanol–water partition coefficient (Wildman–Crippen LogP) is 0.304. The quantitative estimate of drug-likeness (QED) is 0.809. The van der Waals surface area contributed by atoms with Crippen LogP contribution >= 0.6 is 0 Å². The highest BCUT2D eigenvalue weighted by Gasteiger charge is 2.21. The first-order chi connectivity index (χ1) is 8.03. The lowest BCUT2D eigenvalue weighted by molar-refractivity contribution is -0.115. The molecule has 0 spiro atoms. The first-order valence-electron chi connectivity index (χ1n) is 5.38. The van der Waals surface area contributed by atoms with Crippen molar-refractivity contribution in [2.45, 2.75) is 17.7 Å². The summed E-state index contributed by atoms with van der Waals surface area (Å²) in [6.07, 6.45) is 0.687. The summed E-state index contributed by atoms with van der Waals surface area (Å²) in [5.41, 5.74) is 6.74. The molecule has 2 rings (SSSR count). The van der Waals surface area contributed by atoms with Crippen molar-refractivity contribution in [3.05, 3.63) is 23.8 Å². The van der Waals surface area contributed by atoms with Gasteiger partial charge in [0.2, 0.25) is 5.91 Å². The molecule has 0 aromatic heterocycles. The molecule has 0 saturated carbocycles. The lowest BCUT2D eigenvalue weighted by Gasteiger charge is -2.05. The summed E-state index contributed by atoms with van der Waals surface area (Å²) >= 11 is 0. The monoisotopic (exact) mass is 254 g/mol. The average Bonchev–Trinajstić information content (AvgIpc) is 2.65. The number of rotatable bonds is 4. The number of hydrogen-bond donors (Lipinski definition) is 2. The Hall–Kier alpha value is -1.40. The highest BCUT2D eigenvalue weighted by molar-refractivity contribution is 7.91. The molecule has 1 amide bonds. The molecule has 92 valence electrons. The van der Waals surface area contributed by atoms with Crippen molar-refractivity contribution in [1.29, 1.82) is 0 Å². The zero-order valence-corrected chi connectivity index (χ0v) is 10.1. The van der Waals surface area contributed by atoms with Crippen molar-refractivity contribution in [2.24, 2.45) is 5.73 Å². The zero-order chi connectivity index (χ0) is 12.5. The van der Waals surface area contributed by atoms with Crippen molar-refractivity contribution in [1.82, 2.24) is 0 Å². The maximum absolute atomic E-state index is 11.9. The molecular formula is C11H14N2O3S. The van der Waals surface area contributed by atoms with Gasteiger partial charge in [0.05, 0.1) is 17.1 Å². The predicted molar refractivity (Wildman–Crippen MR) is 64.5 cm³/mol. The van der Waals surface area contributed by atoms with Crippen LogP contribution in [0.5, 0.6) is 0 Å². The fourth-order valence-electron chi connectivity index (χ4n) is 1.79. The van der Waals surface area contributed by atoms with Crippen LogP contribution in [0.2, 0.25) is 0 Å². The van der Waals surface area contributed by atoms with E-state index in [1.807, 2.05) is 0 Å². The van der Waals surface area contributed by atoms with Crippen molar-refractivity contribution in [2.75, 3.05) is 17.6 Å². The average molecular weight is 254 g/mol. The Morgan fingerprint density at radius 3 is 2.82 bits per heavy atom. The molecule has 1 aliphatic heterocycles. The van der Waals surface area contributed by atoms with Crippen LogP contribution in [0.15, 0.2) is 23.1 Å². The van der Waals surface area contributed by atoms with Gasteiger partial charge in [0.1, 0.15) is 0 Å². The molecule has 3 N–H and O–H groups in total. The van der Waals surface area contributed by atoms with Gasteiger partial charge in [-0.3, -0.25) is 4.79 Å². The van der Waals surface area contributed by atoms with E-state index < -0.39 is 9.84 Å². The number of carbonyl (C=O) groups is 1. The largest absolute Gasteiger partial charge is 0.330 e. The number of sulfone groups is 1. The fraction of sp³-hybridized carbons (Fsp3) is 0.364. The van der Waals surface area contributed by atoms with Gasteiger partial charge in [0.25, 0.3) is 0 Å². The first-order valence-corrected chi connectivity index (χ1v) is 7.04. The topological polar surface area (TPSA) is 89.3 Å². The molecular weight excluding hydrogens is 240 g/mol. The SMILES string of the molecule is NCCCS(=O)(=O)c1ccc2c(c1)CC(=O)N2. The van der Waals surface area contributed by atoms with Gasteiger partial charge in [0, 0.05) is 5.69 Å². The fourth-order valence-corrected chi connectivity index (χ4v) is 3.17. The van der Waals surface area contributed by atoms with Gasteiger partial charge in [-0.05, 0) is 36.7 Å². The second-order valence-electron chi connectivity index (χ2n) is 4.01. The van der Waals surface area contributed by atoms with Gasteiger partial charge >= 0.3 is 0 Å². The van der Waals surface area contributed by atoms with Gasteiger partial charge < -0.3 is 11.1 Å². The van der Waals surface area contributed by atoms with Crippen LogP contribution < -0.4 is 11.1 Å². The van der Waals surface area contributed by atoms with Crippen molar-refractivity contribution in [3.8, 4) is 0 Å². The van der Waals surface area contributed by atoms with Crippen molar-refractivity contribution >= 4 is 21.4 Å². The molecule has 6 heteroatoms. The number of hydrogen-bond acceptors (Lipinski definition) is 4. The Morgan fingerprint density at radius 2 is 2.12 bits per heavy atom. The third-order valence-electron chi connectivity index (χ3n) is 2.68. The van der Waals surface area contributed by atoms with E-state index in [4.69, 9.17) is 5.73 Å². The minimum absolute atomic E-state index is 0.0453. The van der Waals surface area contributed by atoms with E-state index in [2.05, 4.69) is 5.32 Å². The molecule has 1 aromatic carbocycles. The zero-order valence-electron chi connectivity index (χ0n) is 9.27. The molecule has 1 aromatic rings. The summed E-state index contributed by atoms with van der Waals surface area (Å²) in [6, 6.07) is 4.73. The van der Waals surface area contributed by atoms with Gasteiger partial charge in [-0.1, -0.05) is 0 Å². The van der Waals surface area contributed by atoms with Crippen LogP contribution in [0, 0.1) is 0 Å². The lowest BCUT2D eigenvalue weighted by Crippen LogP contribution is -2.11. The Balaban J connectivity index is 2.30. The van der Waals surface area contributed by atoms with E-state index in [-0.39, 0.29) is 23.0 Å². The maximum atomic E-state index is 11.9. The second kappa shape index (κ2) is 4.46. The van der Waals surface area contributed by atoms with Gasteiger partial charge in [-0.15, -0.1) is 0 Å². The maximum Gasteiger partial charge on any atom is 0.228 e. The summed E-state index contributed by atoms with van der Waals surface area (Å²) in [4.78, 5) is 11.4. The summed E-state index contributed by atoms with van der Waals surface area (Å²) in [5, 5.41) is 2.67. The summed E-state index contributed by atoms with van der Waals surface area (Å²) in [7, 11) is -3.28. The van der Waals surface area contributed by atoms with Crippen molar-refractivity contribution in [3.63, 3.8) is 0 Å². The molecule has 0 radical (unpaired) electrons. The van der Waals surface area contributed by atoms with E-state index in [1.165, 1.54) is 6.07 Å². The Bertz CT molecular complexity index is 552. The number of fused-ring (bicyclic) bond motifs is 1. The minimum atomic E-state index is -3.28. The molecule has 0 unspecified atom stereocenters. The first kappa shape index (κ1) is 12.1. The van der Waals surface area contributed by atoms with Gasteiger partial charge in [0.15, 0.2) is 9.84 Å². The minimum Gasteiger partial charge on any atom is -0.330 e. The smallest absolute Gasteiger partial charge is 0.228 e. The Kier molecular flexibility index (Phi) is 3.17. The lowest BCUT2D eigenvalue weighted by atomic mass is 10.2. The number of nitrogens with one attached hydrogen (secondary N) is 1. The molecule has 0 saturated heterocycles. The third-order valence-corrected chi connectivity index (χ3v) is 4.48. The molecule has 0 fully saturated rings. The summed E-state index contributed by atoms with van der Waals surface area (Å²) in [6.45, 7) is 0.351. The van der Waals surface area contributed by atoms with E-state index in [1.54, 1.807) is 12.1 Å². The number of benzene rings is 1. The summed E-state index contributed by atoms with van der Waals surface area (Å²) < 4.78 is 23.8. The number of anilines is 1. The Labute approximate surface area is 99.9 Å². The Morgan fingerprint density at radius 1 is 1.35 bits per heavy atom. The molecule has 17 heavy (non-hydrogen) atoms. The molecule has 0 atom stereocenters. The second-order valence-corrected chi connectivity index (χ2v) is 6.11. The van der Waals surface area contributed by atoms with Crippen LogP contribution in [0.4, 0.5) is 5.69 Å². The van der Waals surface area contributed by atoms with E-state index in [9.17, 15) is 13.2 Å². The highest BCUT2D eigenvalue weighted by Crippen LogP contribution is 2.26. The van der Waals surface area contributed by atoms with E-state index in [0.29, 0.717) is 18.7 Å². The van der Waals surface area contributed by atoms with Crippen molar-refractivity contribution < 1.29 is 13.2 Å². The summed E-state index contributed by atoms with van der Waals surface area (Å²) in [5.74, 6) is -0.0552. The molecule has 0 aliphatic carbocycles. The number of carbonyl (C=O) groups excluding carboxylic acids is 1. The van der Waals surface area contributed by atoms with Crippen LogP contribution in [0.25, 0.3) is 0 Å². The van der Waals surface area contributed by atoms with Crippen LogP contribution in [0.3, 0.4) is 0 Å². The normalized spacial score (nSPS) is 14.5. The van der Waals surface area contributed by atoms with Crippen LogP contribution in [-0.2, 0) is 21.1 Å². The molecule has 5 nitrogen and oxygen atoms in total. The number of amides is 1. The number of nitrogens with two attached hydrogens (primary N) is 1. The molecule has 0 bridgehead atoms.